The lowest BCUT2D eigenvalue weighted by molar-refractivity contribution is 0.0619. The molecule has 1 amide bonds. The summed E-state index contributed by atoms with van der Waals surface area (Å²) in [6, 6.07) is 15.7. The molecule has 1 heterocycles. The van der Waals surface area contributed by atoms with E-state index in [0.717, 1.165) is 33.9 Å². The molecule has 0 radical (unpaired) electrons. The Morgan fingerprint density at radius 2 is 1.92 bits per heavy atom. The third-order valence-electron chi connectivity index (χ3n) is 4.11. The summed E-state index contributed by atoms with van der Waals surface area (Å²) in [7, 11) is 0. The zero-order valence-corrected chi connectivity index (χ0v) is 15.2. The minimum absolute atomic E-state index is 0.0240. The monoisotopic (exact) mass is 341 g/mol. The van der Waals surface area contributed by atoms with Gasteiger partial charge in [0.15, 0.2) is 0 Å². The van der Waals surface area contributed by atoms with E-state index in [0.29, 0.717) is 0 Å². The van der Waals surface area contributed by atoms with Crippen molar-refractivity contribution in [3.63, 3.8) is 0 Å². The van der Waals surface area contributed by atoms with E-state index in [-0.39, 0.29) is 17.6 Å². The van der Waals surface area contributed by atoms with Gasteiger partial charge in [-0.05, 0) is 37.8 Å². The summed E-state index contributed by atoms with van der Waals surface area (Å²) < 4.78 is 6.04. The van der Waals surface area contributed by atoms with E-state index in [2.05, 4.69) is 26.1 Å². The zero-order chi connectivity index (χ0) is 17.2. The summed E-state index contributed by atoms with van der Waals surface area (Å²) in [4.78, 5) is 13.9. The molecule has 1 unspecified atom stereocenters. The first-order valence-electron chi connectivity index (χ1n) is 8.31. The Morgan fingerprint density at radius 3 is 2.71 bits per heavy atom. The summed E-state index contributed by atoms with van der Waals surface area (Å²) in [6.45, 7) is 6.21. The SMILES string of the molecule is CCSc1ccccc1C(=O)NC1CC(C)(C)Oc2ccccc21. The Kier molecular flexibility index (Phi) is 4.86. The molecule has 3 rings (SSSR count). The van der Waals surface area contributed by atoms with Crippen LogP contribution < -0.4 is 10.1 Å². The number of para-hydroxylation sites is 1. The van der Waals surface area contributed by atoms with Crippen molar-refractivity contribution in [1.82, 2.24) is 5.32 Å². The summed E-state index contributed by atoms with van der Waals surface area (Å²) in [5.41, 5.74) is 1.49. The van der Waals surface area contributed by atoms with Crippen LogP contribution in [0.15, 0.2) is 53.4 Å². The Bertz CT molecular complexity index is 742. The second kappa shape index (κ2) is 6.89. The predicted molar refractivity (Wildman–Crippen MR) is 98.8 cm³/mol. The number of ether oxygens (including phenoxy) is 1. The van der Waals surface area contributed by atoms with E-state index in [9.17, 15) is 4.79 Å². The van der Waals surface area contributed by atoms with Crippen LogP contribution in [0, 0.1) is 0 Å². The van der Waals surface area contributed by atoms with Crippen molar-refractivity contribution in [3.05, 3.63) is 59.7 Å². The van der Waals surface area contributed by atoms with Crippen LogP contribution >= 0.6 is 11.8 Å². The van der Waals surface area contributed by atoms with E-state index in [4.69, 9.17) is 4.74 Å². The number of benzene rings is 2. The average molecular weight is 341 g/mol. The molecular formula is C20H23NO2S. The number of amides is 1. The Morgan fingerprint density at radius 1 is 1.21 bits per heavy atom. The average Bonchev–Trinajstić information content (AvgIpc) is 2.54. The quantitative estimate of drug-likeness (QED) is 0.810. The normalized spacial score (nSPS) is 18.4. The van der Waals surface area contributed by atoms with Crippen molar-refractivity contribution >= 4 is 17.7 Å². The Labute approximate surface area is 147 Å². The van der Waals surface area contributed by atoms with Crippen molar-refractivity contribution in [2.45, 2.75) is 43.7 Å². The first-order chi connectivity index (χ1) is 11.5. The van der Waals surface area contributed by atoms with Crippen LogP contribution in [0.3, 0.4) is 0 Å². The van der Waals surface area contributed by atoms with Gasteiger partial charge in [-0.3, -0.25) is 4.79 Å². The molecule has 0 saturated carbocycles. The number of thioether (sulfide) groups is 1. The molecule has 0 saturated heterocycles. The van der Waals surface area contributed by atoms with Gasteiger partial charge >= 0.3 is 0 Å². The molecule has 1 aliphatic rings. The van der Waals surface area contributed by atoms with Gasteiger partial charge in [0.2, 0.25) is 0 Å². The fourth-order valence-corrected chi connectivity index (χ4v) is 3.90. The molecule has 0 aliphatic carbocycles. The van der Waals surface area contributed by atoms with Gasteiger partial charge in [0, 0.05) is 16.9 Å². The molecule has 2 aromatic rings. The highest BCUT2D eigenvalue weighted by Crippen LogP contribution is 2.39. The van der Waals surface area contributed by atoms with Gasteiger partial charge in [-0.25, -0.2) is 0 Å². The second-order valence-corrected chi connectivity index (χ2v) is 7.86. The van der Waals surface area contributed by atoms with Crippen molar-refractivity contribution < 1.29 is 9.53 Å². The minimum Gasteiger partial charge on any atom is -0.487 e. The third kappa shape index (κ3) is 3.59. The van der Waals surface area contributed by atoms with Crippen LogP contribution in [0.2, 0.25) is 0 Å². The largest absolute Gasteiger partial charge is 0.487 e. The van der Waals surface area contributed by atoms with E-state index in [1.54, 1.807) is 11.8 Å². The van der Waals surface area contributed by atoms with Gasteiger partial charge in [-0.15, -0.1) is 11.8 Å². The van der Waals surface area contributed by atoms with E-state index in [1.807, 2.05) is 48.5 Å². The molecule has 1 atom stereocenters. The number of carbonyl (C=O) groups is 1. The lowest BCUT2D eigenvalue weighted by atomic mass is 9.89. The van der Waals surface area contributed by atoms with Gasteiger partial charge in [-0.2, -0.15) is 0 Å². The van der Waals surface area contributed by atoms with E-state index >= 15 is 0 Å². The van der Waals surface area contributed by atoms with Crippen LogP contribution in [0.4, 0.5) is 0 Å². The predicted octanol–water partition coefficient (Wildman–Crippen LogP) is 4.83. The van der Waals surface area contributed by atoms with Crippen LogP contribution in [-0.4, -0.2) is 17.3 Å². The molecule has 1 N–H and O–H groups in total. The summed E-state index contributed by atoms with van der Waals surface area (Å²) in [5, 5.41) is 3.21. The summed E-state index contributed by atoms with van der Waals surface area (Å²) in [5.74, 6) is 1.77. The molecule has 3 nitrogen and oxygen atoms in total. The smallest absolute Gasteiger partial charge is 0.252 e. The van der Waals surface area contributed by atoms with Crippen molar-refractivity contribution in [3.8, 4) is 5.75 Å². The molecule has 24 heavy (non-hydrogen) atoms. The maximum absolute atomic E-state index is 12.9. The lowest BCUT2D eigenvalue weighted by Gasteiger charge is -2.38. The van der Waals surface area contributed by atoms with Crippen LogP contribution in [0.1, 0.15) is 49.2 Å². The molecule has 0 spiro atoms. The maximum Gasteiger partial charge on any atom is 0.252 e. The number of hydrogen-bond donors (Lipinski definition) is 1. The zero-order valence-electron chi connectivity index (χ0n) is 14.3. The second-order valence-electron chi connectivity index (χ2n) is 6.56. The first kappa shape index (κ1) is 16.9. The lowest BCUT2D eigenvalue weighted by Crippen LogP contribution is -2.41. The fraction of sp³-hybridized carbons (Fsp3) is 0.350. The topological polar surface area (TPSA) is 38.3 Å². The minimum atomic E-state index is -0.302. The molecule has 2 aromatic carbocycles. The van der Waals surface area contributed by atoms with Gasteiger partial charge in [-0.1, -0.05) is 37.3 Å². The van der Waals surface area contributed by atoms with Gasteiger partial charge in [0.1, 0.15) is 11.4 Å². The highest BCUT2D eigenvalue weighted by atomic mass is 32.2. The molecule has 4 heteroatoms. The van der Waals surface area contributed by atoms with Crippen molar-refractivity contribution in [2.24, 2.45) is 0 Å². The standard InChI is InChI=1S/C20H23NO2S/c1-4-24-18-12-8-6-10-15(18)19(22)21-16-13-20(2,3)23-17-11-7-5-9-14(16)17/h5-12,16H,4,13H2,1-3H3,(H,21,22). The number of hydrogen-bond acceptors (Lipinski definition) is 3. The Balaban J connectivity index is 1.87. The summed E-state index contributed by atoms with van der Waals surface area (Å²) >= 11 is 1.69. The van der Waals surface area contributed by atoms with E-state index in [1.165, 1.54) is 0 Å². The van der Waals surface area contributed by atoms with Crippen molar-refractivity contribution in [2.75, 3.05) is 5.75 Å². The van der Waals surface area contributed by atoms with Crippen molar-refractivity contribution in [1.29, 1.82) is 0 Å². The fourth-order valence-electron chi connectivity index (χ4n) is 3.10. The number of nitrogens with one attached hydrogen (secondary N) is 1. The first-order valence-corrected chi connectivity index (χ1v) is 9.29. The molecular weight excluding hydrogens is 318 g/mol. The van der Waals surface area contributed by atoms with Crippen LogP contribution in [0.5, 0.6) is 5.75 Å². The molecule has 0 aromatic heterocycles. The van der Waals surface area contributed by atoms with Gasteiger partial charge in [0.05, 0.1) is 11.6 Å². The summed E-state index contributed by atoms with van der Waals surface area (Å²) in [6.07, 6.45) is 0.749. The van der Waals surface area contributed by atoms with Gasteiger partial charge < -0.3 is 10.1 Å². The molecule has 0 bridgehead atoms. The molecule has 0 fully saturated rings. The highest BCUT2D eigenvalue weighted by molar-refractivity contribution is 7.99. The highest BCUT2D eigenvalue weighted by Gasteiger charge is 2.34. The molecule has 1 aliphatic heterocycles. The van der Waals surface area contributed by atoms with Gasteiger partial charge in [0.25, 0.3) is 5.91 Å². The third-order valence-corrected chi connectivity index (χ3v) is 5.07. The van der Waals surface area contributed by atoms with Crippen LogP contribution in [0.25, 0.3) is 0 Å². The van der Waals surface area contributed by atoms with Crippen LogP contribution in [-0.2, 0) is 0 Å². The molecule has 126 valence electrons. The number of carbonyl (C=O) groups excluding carboxylic acids is 1. The Hall–Kier alpha value is -1.94. The number of fused-ring (bicyclic) bond motifs is 1. The number of rotatable bonds is 4. The maximum atomic E-state index is 12.9. The van der Waals surface area contributed by atoms with E-state index < -0.39 is 0 Å².